The molecule has 2 N–H and O–H groups in total. The summed E-state index contributed by atoms with van der Waals surface area (Å²) in [4.78, 5) is 17.6. The molecule has 0 atom stereocenters. The van der Waals surface area contributed by atoms with Crippen molar-refractivity contribution in [3.05, 3.63) is 47.2 Å². The number of sulfonamides is 1. The summed E-state index contributed by atoms with van der Waals surface area (Å²) in [5.74, 6) is -0.695. The number of carboxylic acids is 1. The van der Waals surface area contributed by atoms with Gasteiger partial charge in [-0.1, -0.05) is 12.1 Å². The number of carbonyl (C=O) groups is 1. The van der Waals surface area contributed by atoms with Crippen molar-refractivity contribution in [3.63, 3.8) is 0 Å². The molecule has 0 unspecified atom stereocenters. The zero-order valence-electron chi connectivity index (χ0n) is 14.7. The Morgan fingerprint density at radius 3 is 2.54 bits per heavy atom. The number of anilines is 2. The van der Waals surface area contributed by atoms with Crippen molar-refractivity contribution in [2.24, 2.45) is 0 Å². The van der Waals surface area contributed by atoms with Crippen molar-refractivity contribution in [2.75, 3.05) is 22.7 Å². The number of benzene rings is 1. The Balaban J connectivity index is 2.05. The maximum absolute atomic E-state index is 12.9. The predicted molar refractivity (Wildman–Crippen MR) is 99.4 cm³/mol. The van der Waals surface area contributed by atoms with Crippen LogP contribution in [-0.2, 0) is 10.0 Å². The van der Waals surface area contributed by atoms with Crippen LogP contribution in [0.3, 0.4) is 0 Å². The number of nitrogens with zero attached hydrogens (tertiary/aromatic N) is 2. The topological polar surface area (TPSA) is 99.6 Å². The van der Waals surface area contributed by atoms with Gasteiger partial charge in [0.15, 0.2) is 5.82 Å². The van der Waals surface area contributed by atoms with Gasteiger partial charge in [0.25, 0.3) is 10.0 Å². The van der Waals surface area contributed by atoms with Crippen molar-refractivity contribution in [3.8, 4) is 0 Å². The lowest BCUT2D eigenvalue weighted by atomic mass is 10.2. The number of hydrogen-bond acceptors (Lipinski definition) is 5. The molecular formula is C18H21N3O4S. The number of aryl methyl sites for hydroxylation is 2. The van der Waals surface area contributed by atoms with Crippen molar-refractivity contribution in [1.29, 1.82) is 0 Å². The van der Waals surface area contributed by atoms with Crippen molar-refractivity contribution >= 4 is 27.5 Å². The van der Waals surface area contributed by atoms with E-state index < -0.39 is 16.0 Å². The number of rotatable bonds is 5. The van der Waals surface area contributed by atoms with Crippen LogP contribution in [0.25, 0.3) is 0 Å². The lowest BCUT2D eigenvalue weighted by Gasteiger charge is -2.21. The number of aromatic carboxylic acids is 1. The van der Waals surface area contributed by atoms with Crippen LogP contribution in [0.15, 0.2) is 35.4 Å². The standard InChI is InChI=1S/C18H21N3O4S/c1-12-5-6-13(2)16(9-12)26(24,25)20-15-10-14(18(22)23)11-19-17(15)21-7-3-4-8-21/h5-6,9-11,20H,3-4,7-8H2,1-2H3,(H,22,23). The van der Waals surface area contributed by atoms with E-state index in [4.69, 9.17) is 0 Å². The SMILES string of the molecule is Cc1ccc(C)c(S(=O)(=O)Nc2cc(C(=O)O)cnc2N2CCCC2)c1. The summed E-state index contributed by atoms with van der Waals surface area (Å²) in [6.45, 7) is 5.07. The molecule has 0 bridgehead atoms. The van der Waals surface area contributed by atoms with Gasteiger partial charge in [-0.25, -0.2) is 18.2 Å². The van der Waals surface area contributed by atoms with Gasteiger partial charge in [-0.3, -0.25) is 4.72 Å². The van der Waals surface area contributed by atoms with Crippen molar-refractivity contribution < 1.29 is 18.3 Å². The van der Waals surface area contributed by atoms with E-state index in [-0.39, 0.29) is 16.1 Å². The second-order valence-electron chi connectivity index (χ2n) is 6.47. The average Bonchev–Trinajstić information content (AvgIpc) is 3.10. The van der Waals surface area contributed by atoms with Gasteiger partial charge >= 0.3 is 5.97 Å². The Hall–Kier alpha value is -2.61. The number of hydrogen-bond donors (Lipinski definition) is 2. The molecule has 0 aliphatic carbocycles. The molecular weight excluding hydrogens is 354 g/mol. The lowest BCUT2D eigenvalue weighted by Crippen LogP contribution is -2.23. The monoisotopic (exact) mass is 375 g/mol. The highest BCUT2D eigenvalue weighted by molar-refractivity contribution is 7.92. The molecule has 0 saturated carbocycles. The van der Waals surface area contributed by atoms with E-state index in [9.17, 15) is 18.3 Å². The largest absolute Gasteiger partial charge is 0.478 e. The lowest BCUT2D eigenvalue weighted by molar-refractivity contribution is 0.0696. The fourth-order valence-corrected chi connectivity index (χ4v) is 4.41. The summed E-state index contributed by atoms with van der Waals surface area (Å²) in [5.41, 5.74) is 1.57. The Morgan fingerprint density at radius 1 is 1.19 bits per heavy atom. The summed E-state index contributed by atoms with van der Waals surface area (Å²) >= 11 is 0. The van der Waals surface area contributed by atoms with Gasteiger partial charge in [0.05, 0.1) is 16.1 Å². The summed E-state index contributed by atoms with van der Waals surface area (Å²) in [7, 11) is -3.87. The van der Waals surface area contributed by atoms with Gasteiger partial charge < -0.3 is 10.0 Å². The quantitative estimate of drug-likeness (QED) is 0.834. The summed E-state index contributed by atoms with van der Waals surface area (Å²) in [6, 6.07) is 6.52. The smallest absolute Gasteiger partial charge is 0.337 e. The van der Waals surface area contributed by atoms with Crippen molar-refractivity contribution in [2.45, 2.75) is 31.6 Å². The first-order valence-electron chi connectivity index (χ1n) is 8.36. The molecule has 3 rings (SSSR count). The number of carboxylic acid groups (broad SMARTS) is 1. The first kappa shape index (κ1) is 18.2. The molecule has 1 aromatic carbocycles. The number of aromatic nitrogens is 1. The minimum absolute atomic E-state index is 0.0633. The molecule has 1 saturated heterocycles. The fourth-order valence-electron chi connectivity index (χ4n) is 3.03. The molecule has 0 amide bonds. The van der Waals surface area contributed by atoms with Crippen LogP contribution in [0, 0.1) is 13.8 Å². The maximum Gasteiger partial charge on any atom is 0.337 e. The van der Waals surface area contributed by atoms with Crippen LogP contribution in [0.1, 0.15) is 34.3 Å². The first-order valence-corrected chi connectivity index (χ1v) is 9.84. The van der Waals surface area contributed by atoms with E-state index in [1.807, 2.05) is 17.9 Å². The summed E-state index contributed by atoms with van der Waals surface area (Å²) in [5, 5.41) is 9.23. The second-order valence-corrected chi connectivity index (χ2v) is 8.12. The molecule has 1 aliphatic heterocycles. The van der Waals surface area contributed by atoms with E-state index in [0.29, 0.717) is 11.4 Å². The Kier molecular flexibility index (Phi) is 4.86. The van der Waals surface area contributed by atoms with E-state index in [0.717, 1.165) is 31.5 Å². The minimum atomic E-state index is -3.87. The predicted octanol–water partition coefficient (Wildman–Crippen LogP) is 2.80. The Labute approximate surface area is 152 Å². The normalized spacial score (nSPS) is 14.5. The van der Waals surface area contributed by atoms with Crippen LogP contribution in [0.5, 0.6) is 0 Å². The number of pyridine rings is 1. The van der Waals surface area contributed by atoms with Crippen LogP contribution in [0.2, 0.25) is 0 Å². The minimum Gasteiger partial charge on any atom is -0.478 e. The molecule has 1 aliphatic rings. The van der Waals surface area contributed by atoms with Gasteiger partial charge in [0, 0.05) is 19.3 Å². The van der Waals surface area contributed by atoms with Crippen LogP contribution >= 0.6 is 0 Å². The summed E-state index contributed by atoms with van der Waals surface area (Å²) in [6.07, 6.45) is 3.24. The zero-order chi connectivity index (χ0) is 18.9. The molecule has 1 fully saturated rings. The highest BCUT2D eigenvalue weighted by Gasteiger charge is 2.24. The molecule has 1 aromatic heterocycles. The third-order valence-corrected chi connectivity index (χ3v) is 5.90. The fraction of sp³-hybridized carbons (Fsp3) is 0.333. The number of nitrogens with one attached hydrogen (secondary N) is 1. The molecule has 0 spiro atoms. The molecule has 26 heavy (non-hydrogen) atoms. The molecule has 0 radical (unpaired) electrons. The van der Waals surface area contributed by atoms with Crippen LogP contribution in [-0.4, -0.2) is 37.6 Å². The molecule has 2 heterocycles. The maximum atomic E-state index is 12.9. The van der Waals surface area contributed by atoms with E-state index in [2.05, 4.69) is 9.71 Å². The van der Waals surface area contributed by atoms with E-state index in [1.165, 1.54) is 12.3 Å². The van der Waals surface area contributed by atoms with Gasteiger partial charge in [-0.2, -0.15) is 0 Å². The highest BCUT2D eigenvalue weighted by Crippen LogP contribution is 2.30. The van der Waals surface area contributed by atoms with Gasteiger partial charge in [0.2, 0.25) is 0 Å². The average molecular weight is 375 g/mol. The first-order chi connectivity index (χ1) is 12.3. The van der Waals surface area contributed by atoms with Crippen LogP contribution < -0.4 is 9.62 Å². The van der Waals surface area contributed by atoms with E-state index in [1.54, 1.807) is 19.1 Å². The van der Waals surface area contributed by atoms with E-state index >= 15 is 0 Å². The van der Waals surface area contributed by atoms with Gasteiger partial charge in [-0.15, -0.1) is 0 Å². The summed E-state index contributed by atoms with van der Waals surface area (Å²) < 4.78 is 28.4. The van der Waals surface area contributed by atoms with Crippen molar-refractivity contribution in [1.82, 2.24) is 4.98 Å². The molecule has 2 aromatic rings. The second kappa shape index (κ2) is 6.95. The Morgan fingerprint density at radius 2 is 1.88 bits per heavy atom. The third kappa shape index (κ3) is 3.65. The highest BCUT2D eigenvalue weighted by atomic mass is 32.2. The van der Waals surface area contributed by atoms with Gasteiger partial charge in [-0.05, 0) is 49.9 Å². The van der Waals surface area contributed by atoms with Gasteiger partial charge in [0.1, 0.15) is 0 Å². The molecule has 138 valence electrons. The Bertz CT molecular complexity index is 951. The molecule has 7 nitrogen and oxygen atoms in total. The third-order valence-electron chi connectivity index (χ3n) is 4.40. The zero-order valence-corrected chi connectivity index (χ0v) is 15.5. The van der Waals surface area contributed by atoms with Crippen LogP contribution in [0.4, 0.5) is 11.5 Å². The molecule has 8 heteroatoms.